The fraction of sp³-hybridized carbons (Fsp3) is 0.625. The molecule has 80 valence electrons. The largest absolute Gasteiger partial charge is 0.435 e. The quantitative estimate of drug-likeness (QED) is 0.797. The van der Waals surface area contributed by atoms with E-state index in [9.17, 15) is 13.2 Å². The van der Waals surface area contributed by atoms with E-state index >= 15 is 0 Å². The van der Waals surface area contributed by atoms with Crippen molar-refractivity contribution in [3.05, 3.63) is 14.5 Å². The molecule has 0 amide bonds. The fourth-order valence-corrected chi connectivity index (χ4v) is 2.85. The molecule has 0 unspecified atom stereocenters. The molecule has 0 atom stereocenters. The Morgan fingerprint density at radius 2 is 2.00 bits per heavy atom. The predicted molar refractivity (Wildman–Crippen MR) is 53.4 cm³/mol. The number of thiazole rings is 1. The van der Waals surface area contributed by atoms with Gasteiger partial charge in [-0.1, -0.05) is 13.8 Å². The van der Waals surface area contributed by atoms with E-state index in [1.807, 2.05) is 13.8 Å². The summed E-state index contributed by atoms with van der Waals surface area (Å²) in [7, 11) is 0. The maximum atomic E-state index is 12.3. The molecule has 0 aliphatic rings. The van der Waals surface area contributed by atoms with Crippen LogP contribution in [-0.4, -0.2) is 4.98 Å². The van der Waals surface area contributed by atoms with Gasteiger partial charge in [0.25, 0.3) is 0 Å². The van der Waals surface area contributed by atoms with Gasteiger partial charge in [-0.15, -0.1) is 11.3 Å². The zero-order valence-corrected chi connectivity index (χ0v) is 10.1. The third-order valence-corrected chi connectivity index (χ3v) is 3.21. The molecular weight excluding hydrogens is 279 g/mol. The minimum absolute atomic E-state index is 0.0700. The molecule has 1 rings (SSSR count). The highest BCUT2D eigenvalue weighted by Gasteiger charge is 2.36. The maximum absolute atomic E-state index is 12.3. The highest BCUT2D eigenvalue weighted by atomic mass is 79.9. The molecule has 0 aliphatic heterocycles. The van der Waals surface area contributed by atoms with Crippen molar-refractivity contribution in [3.63, 3.8) is 0 Å². The molecule has 1 heterocycles. The predicted octanol–water partition coefficient (Wildman–Crippen LogP) is 4.12. The van der Waals surface area contributed by atoms with Crippen molar-refractivity contribution in [2.24, 2.45) is 5.92 Å². The second-order valence-corrected chi connectivity index (χ2v) is 5.73. The van der Waals surface area contributed by atoms with Gasteiger partial charge in [0.05, 0.1) is 5.01 Å². The molecule has 1 aromatic rings. The average molecular weight is 288 g/mol. The summed E-state index contributed by atoms with van der Waals surface area (Å²) < 4.78 is 37.0. The summed E-state index contributed by atoms with van der Waals surface area (Å²) in [6.07, 6.45) is -3.77. The number of hydrogen-bond donors (Lipinski definition) is 0. The summed E-state index contributed by atoms with van der Waals surface area (Å²) in [5, 5.41) is 0.527. The molecule has 0 fully saturated rings. The van der Waals surface area contributed by atoms with E-state index < -0.39 is 11.9 Å². The van der Waals surface area contributed by atoms with Gasteiger partial charge < -0.3 is 0 Å². The zero-order chi connectivity index (χ0) is 10.9. The molecular formula is C8H9BrF3NS. The summed E-state index contributed by atoms with van der Waals surface area (Å²) in [5.41, 5.74) is -0.807. The molecule has 0 bridgehead atoms. The molecule has 0 aromatic carbocycles. The highest BCUT2D eigenvalue weighted by Crippen LogP contribution is 2.37. The summed E-state index contributed by atoms with van der Waals surface area (Å²) >= 11 is 3.93. The highest BCUT2D eigenvalue weighted by molar-refractivity contribution is 9.11. The Morgan fingerprint density at radius 1 is 1.43 bits per heavy atom. The van der Waals surface area contributed by atoms with Gasteiger partial charge in [0.2, 0.25) is 0 Å². The van der Waals surface area contributed by atoms with Crippen LogP contribution in [0.1, 0.15) is 24.5 Å². The van der Waals surface area contributed by atoms with Gasteiger partial charge in [-0.25, -0.2) is 4.98 Å². The number of rotatable bonds is 2. The van der Waals surface area contributed by atoms with E-state index in [4.69, 9.17) is 0 Å². The topological polar surface area (TPSA) is 12.9 Å². The second-order valence-electron chi connectivity index (χ2n) is 3.33. The third-order valence-electron chi connectivity index (χ3n) is 1.48. The van der Waals surface area contributed by atoms with Crippen LogP contribution in [0.15, 0.2) is 3.79 Å². The van der Waals surface area contributed by atoms with Crippen LogP contribution in [0.3, 0.4) is 0 Å². The van der Waals surface area contributed by atoms with E-state index in [-0.39, 0.29) is 3.79 Å². The monoisotopic (exact) mass is 287 g/mol. The average Bonchev–Trinajstić information content (AvgIpc) is 2.27. The molecule has 14 heavy (non-hydrogen) atoms. The first-order chi connectivity index (χ1) is 6.30. The van der Waals surface area contributed by atoms with Crippen molar-refractivity contribution in [1.29, 1.82) is 0 Å². The van der Waals surface area contributed by atoms with Crippen molar-refractivity contribution < 1.29 is 13.2 Å². The SMILES string of the molecule is CC(C)Cc1nc(C(F)(F)F)c(Br)s1. The lowest BCUT2D eigenvalue weighted by Gasteiger charge is -2.02. The van der Waals surface area contributed by atoms with E-state index in [1.54, 1.807) is 0 Å². The lowest BCUT2D eigenvalue weighted by molar-refractivity contribution is -0.141. The number of hydrogen-bond acceptors (Lipinski definition) is 2. The molecule has 0 saturated heterocycles. The van der Waals surface area contributed by atoms with Gasteiger partial charge in [0, 0.05) is 6.42 Å². The Kier molecular flexibility index (Phi) is 3.58. The number of aromatic nitrogens is 1. The van der Waals surface area contributed by atoms with Crippen molar-refractivity contribution in [2.75, 3.05) is 0 Å². The van der Waals surface area contributed by atoms with Crippen molar-refractivity contribution in [2.45, 2.75) is 26.4 Å². The lowest BCUT2D eigenvalue weighted by Crippen LogP contribution is -2.06. The van der Waals surface area contributed by atoms with Crippen LogP contribution in [0, 0.1) is 5.92 Å². The molecule has 1 aromatic heterocycles. The van der Waals surface area contributed by atoms with Crippen LogP contribution in [0.2, 0.25) is 0 Å². The van der Waals surface area contributed by atoms with Gasteiger partial charge >= 0.3 is 6.18 Å². The van der Waals surface area contributed by atoms with Crippen LogP contribution in [-0.2, 0) is 12.6 Å². The van der Waals surface area contributed by atoms with E-state index in [0.29, 0.717) is 17.3 Å². The third kappa shape index (κ3) is 2.95. The van der Waals surface area contributed by atoms with Crippen LogP contribution in [0.5, 0.6) is 0 Å². The molecule has 0 N–H and O–H groups in total. The molecule has 1 nitrogen and oxygen atoms in total. The Balaban J connectivity index is 2.94. The van der Waals surface area contributed by atoms with Gasteiger partial charge in [-0.2, -0.15) is 13.2 Å². The molecule has 0 radical (unpaired) electrons. The van der Waals surface area contributed by atoms with Gasteiger partial charge in [-0.3, -0.25) is 0 Å². The molecule has 6 heteroatoms. The first-order valence-corrected chi connectivity index (χ1v) is 5.64. The van der Waals surface area contributed by atoms with Gasteiger partial charge in [0.15, 0.2) is 5.69 Å². The fourth-order valence-electron chi connectivity index (χ4n) is 0.955. The van der Waals surface area contributed by atoms with E-state index in [2.05, 4.69) is 20.9 Å². The number of alkyl halides is 3. The van der Waals surface area contributed by atoms with Crippen LogP contribution >= 0.6 is 27.3 Å². The zero-order valence-electron chi connectivity index (χ0n) is 7.65. The Morgan fingerprint density at radius 3 is 2.36 bits per heavy atom. The summed E-state index contributed by atoms with van der Waals surface area (Å²) in [4.78, 5) is 3.57. The Labute approximate surface area is 92.5 Å². The second kappa shape index (κ2) is 4.18. The number of halogens is 4. The van der Waals surface area contributed by atoms with Crippen LogP contribution in [0.4, 0.5) is 13.2 Å². The number of nitrogens with zero attached hydrogens (tertiary/aromatic N) is 1. The maximum Gasteiger partial charge on any atom is 0.435 e. The van der Waals surface area contributed by atoms with Gasteiger partial charge in [-0.05, 0) is 21.8 Å². The summed E-state index contributed by atoms with van der Waals surface area (Å²) in [6, 6.07) is 0. The van der Waals surface area contributed by atoms with Crippen molar-refractivity contribution in [3.8, 4) is 0 Å². The normalized spacial score (nSPS) is 12.5. The van der Waals surface area contributed by atoms with Crippen molar-refractivity contribution >= 4 is 27.3 Å². The Bertz CT molecular complexity index is 319. The van der Waals surface area contributed by atoms with E-state index in [0.717, 1.165) is 11.3 Å². The minimum atomic E-state index is -4.36. The molecule has 0 spiro atoms. The van der Waals surface area contributed by atoms with Crippen LogP contribution < -0.4 is 0 Å². The minimum Gasteiger partial charge on any atom is -0.236 e. The lowest BCUT2D eigenvalue weighted by atomic mass is 10.1. The molecule has 0 aliphatic carbocycles. The Hall–Kier alpha value is -0.100. The first-order valence-electron chi connectivity index (χ1n) is 4.03. The standard InChI is InChI=1S/C8H9BrF3NS/c1-4(2)3-5-13-6(7(9)14-5)8(10,11)12/h4H,3H2,1-2H3. The first kappa shape index (κ1) is 12.0. The van der Waals surface area contributed by atoms with Crippen LogP contribution in [0.25, 0.3) is 0 Å². The van der Waals surface area contributed by atoms with E-state index in [1.165, 1.54) is 0 Å². The van der Waals surface area contributed by atoms with Crippen molar-refractivity contribution in [1.82, 2.24) is 4.98 Å². The summed E-state index contributed by atoms with van der Waals surface area (Å²) in [6.45, 7) is 3.89. The van der Waals surface area contributed by atoms with Gasteiger partial charge in [0.1, 0.15) is 3.79 Å². The molecule has 0 saturated carbocycles. The summed E-state index contributed by atoms with van der Waals surface area (Å²) in [5.74, 6) is 0.314. The smallest absolute Gasteiger partial charge is 0.236 e.